The van der Waals surface area contributed by atoms with E-state index in [1.54, 1.807) is 0 Å². The Morgan fingerprint density at radius 1 is 1.18 bits per heavy atom. The molecule has 0 aromatic rings. The summed E-state index contributed by atoms with van der Waals surface area (Å²) < 4.78 is 12.0. The fourth-order valence-corrected chi connectivity index (χ4v) is 3.46. The van der Waals surface area contributed by atoms with E-state index in [1.807, 2.05) is 0 Å². The van der Waals surface area contributed by atoms with Crippen LogP contribution in [0.3, 0.4) is 0 Å². The predicted molar refractivity (Wildman–Crippen MR) is 75.8 cm³/mol. The molecule has 0 aromatic carbocycles. The van der Waals surface area contributed by atoms with Crippen molar-refractivity contribution >= 4 is 8.32 Å². The summed E-state index contributed by atoms with van der Waals surface area (Å²) in [5.41, 5.74) is 0. The Labute approximate surface area is 108 Å². The number of rotatable bonds is 5. The van der Waals surface area contributed by atoms with Crippen molar-refractivity contribution < 1.29 is 9.16 Å². The van der Waals surface area contributed by atoms with Gasteiger partial charge in [0.2, 0.25) is 0 Å². The summed E-state index contributed by atoms with van der Waals surface area (Å²) in [5, 5.41) is 0.282. The van der Waals surface area contributed by atoms with Crippen LogP contribution in [0.4, 0.5) is 0 Å². The van der Waals surface area contributed by atoms with E-state index < -0.39 is 8.32 Å². The maximum Gasteiger partial charge on any atom is 0.192 e. The maximum absolute atomic E-state index is 6.59. The highest BCUT2D eigenvalue weighted by molar-refractivity contribution is 6.74. The van der Waals surface area contributed by atoms with Gasteiger partial charge in [0.15, 0.2) is 8.32 Å². The van der Waals surface area contributed by atoms with Gasteiger partial charge in [-0.25, -0.2) is 0 Å². The smallest absolute Gasteiger partial charge is 0.192 e. The summed E-state index contributed by atoms with van der Waals surface area (Å²) in [6.07, 6.45) is 0.774. The van der Waals surface area contributed by atoms with Gasteiger partial charge in [0, 0.05) is 5.92 Å². The fourth-order valence-electron chi connectivity index (χ4n) is 1.94. The molecule has 1 heterocycles. The maximum atomic E-state index is 6.59. The van der Waals surface area contributed by atoms with Crippen LogP contribution in [0.15, 0.2) is 0 Å². The number of epoxide rings is 1. The summed E-state index contributed by atoms with van der Waals surface area (Å²) in [6.45, 7) is 19.3. The normalized spacial score (nSPS) is 24.9. The van der Waals surface area contributed by atoms with Crippen LogP contribution < -0.4 is 0 Å². The average Bonchev–Trinajstić information content (AvgIpc) is 2.93. The molecule has 1 fully saturated rings. The summed E-state index contributed by atoms with van der Waals surface area (Å²) in [7, 11) is -1.67. The van der Waals surface area contributed by atoms with Gasteiger partial charge >= 0.3 is 0 Å². The third-order valence-electron chi connectivity index (χ3n) is 4.36. The van der Waals surface area contributed by atoms with E-state index in [4.69, 9.17) is 9.16 Å². The second-order valence-electron chi connectivity index (χ2n) is 7.32. The quantitative estimate of drug-likeness (QED) is 0.548. The standard InChI is InChI=1S/C14H30O2Si/c1-10(2)13(11(3)12-9-15-12)16-17(7,8)14(4,5)6/h10-13H,9H2,1-8H3/t11-,12+,13+/m0/s1. The first kappa shape index (κ1) is 15.2. The van der Waals surface area contributed by atoms with Crippen LogP contribution in [0.2, 0.25) is 18.1 Å². The van der Waals surface area contributed by atoms with Crippen LogP contribution >= 0.6 is 0 Å². The van der Waals surface area contributed by atoms with Crippen molar-refractivity contribution in [3.8, 4) is 0 Å². The first-order valence-electron chi connectivity index (χ1n) is 6.85. The summed E-state index contributed by atoms with van der Waals surface area (Å²) in [5.74, 6) is 1.08. The zero-order valence-corrected chi connectivity index (χ0v) is 13.8. The topological polar surface area (TPSA) is 21.8 Å². The average molecular weight is 258 g/mol. The molecule has 0 aliphatic carbocycles. The van der Waals surface area contributed by atoms with E-state index in [0.717, 1.165) is 6.61 Å². The Bertz CT molecular complexity index is 251. The van der Waals surface area contributed by atoms with Crippen LogP contribution in [-0.2, 0) is 9.16 Å². The SMILES string of the molecule is CC(C)[C@@H](O[Si](C)(C)C(C)(C)C)[C@@H](C)[C@H]1CO1. The number of hydrogen-bond acceptors (Lipinski definition) is 2. The van der Waals surface area contributed by atoms with Crippen LogP contribution in [0, 0.1) is 11.8 Å². The van der Waals surface area contributed by atoms with Crippen molar-refractivity contribution in [1.82, 2.24) is 0 Å². The highest BCUT2D eigenvalue weighted by Crippen LogP contribution is 2.40. The zero-order valence-electron chi connectivity index (χ0n) is 12.8. The van der Waals surface area contributed by atoms with E-state index in [1.165, 1.54) is 0 Å². The Balaban J connectivity index is 2.72. The van der Waals surface area contributed by atoms with Crippen molar-refractivity contribution in [2.24, 2.45) is 11.8 Å². The molecule has 0 unspecified atom stereocenters. The largest absolute Gasteiger partial charge is 0.413 e. The van der Waals surface area contributed by atoms with E-state index in [2.05, 4.69) is 54.6 Å². The Morgan fingerprint density at radius 2 is 1.65 bits per heavy atom. The van der Waals surface area contributed by atoms with Crippen LogP contribution in [0.5, 0.6) is 0 Å². The summed E-state index contributed by atoms with van der Waals surface area (Å²) in [4.78, 5) is 0. The minimum absolute atomic E-state index is 0.282. The third kappa shape index (κ3) is 3.80. The number of hydrogen-bond donors (Lipinski definition) is 0. The molecule has 0 saturated carbocycles. The van der Waals surface area contributed by atoms with Crippen LogP contribution in [0.1, 0.15) is 41.5 Å². The molecule has 0 radical (unpaired) electrons. The van der Waals surface area contributed by atoms with Crippen molar-refractivity contribution in [3.63, 3.8) is 0 Å². The Hall–Kier alpha value is 0.137. The van der Waals surface area contributed by atoms with E-state index in [-0.39, 0.29) is 5.04 Å². The second kappa shape index (κ2) is 5.02. The van der Waals surface area contributed by atoms with Gasteiger partial charge in [-0.3, -0.25) is 0 Å². The first-order valence-corrected chi connectivity index (χ1v) is 9.76. The molecule has 3 heteroatoms. The second-order valence-corrected chi connectivity index (χ2v) is 12.1. The molecule has 3 atom stereocenters. The molecule has 102 valence electrons. The molecule has 1 aliphatic rings. The molecule has 17 heavy (non-hydrogen) atoms. The minimum atomic E-state index is -1.67. The summed E-state index contributed by atoms with van der Waals surface area (Å²) in [6, 6.07) is 0. The molecule has 0 amide bonds. The molecule has 1 aliphatic heterocycles. The van der Waals surface area contributed by atoms with Gasteiger partial charge in [-0.05, 0) is 24.1 Å². The molecular weight excluding hydrogens is 228 g/mol. The van der Waals surface area contributed by atoms with Crippen LogP contribution in [-0.4, -0.2) is 27.1 Å². The van der Waals surface area contributed by atoms with Gasteiger partial charge in [0.25, 0.3) is 0 Å². The van der Waals surface area contributed by atoms with Crippen molar-refractivity contribution in [2.45, 2.75) is 71.9 Å². The van der Waals surface area contributed by atoms with Crippen molar-refractivity contribution in [3.05, 3.63) is 0 Å². The van der Waals surface area contributed by atoms with Gasteiger partial charge in [0.1, 0.15) is 0 Å². The third-order valence-corrected chi connectivity index (χ3v) is 8.83. The van der Waals surface area contributed by atoms with Gasteiger partial charge in [-0.2, -0.15) is 0 Å². The molecule has 1 rings (SSSR count). The molecule has 0 bridgehead atoms. The molecule has 0 spiro atoms. The Morgan fingerprint density at radius 3 is 1.94 bits per heavy atom. The monoisotopic (exact) mass is 258 g/mol. The molecule has 2 nitrogen and oxygen atoms in total. The molecule has 1 saturated heterocycles. The lowest BCUT2D eigenvalue weighted by Gasteiger charge is -2.42. The first-order chi connectivity index (χ1) is 7.56. The summed E-state index contributed by atoms with van der Waals surface area (Å²) >= 11 is 0. The minimum Gasteiger partial charge on any atom is -0.413 e. The van der Waals surface area contributed by atoms with E-state index >= 15 is 0 Å². The van der Waals surface area contributed by atoms with E-state index in [0.29, 0.717) is 24.0 Å². The van der Waals surface area contributed by atoms with Gasteiger partial charge < -0.3 is 9.16 Å². The Kier molecular flexibility index (Phi) is 4.49. The molecule has 0 N–H and O–H groups in total. The van der Waals surface area contributed by atoms with Gasteiger partial charge in [-0.1, -0.05) is 41.5 Å². The highest BCUT2D eigenvalue weighted by Gasteiger charge is 2.44. The fraction of sp³-hybridized carbons (Fsp3) is 1.00. The zero-order chi connectivity index (χ0) is 13.4. The molecule has 0 aromatic heterocycles. The molecular formula is C14H30O2Si. The van der Waals surface area contributed by atoms with Crippen molar-refractivity contribution in [1.29, 1.82) is 0 Å². The van der Waals surface area contributed by atoms with Gasteiger partial charge in [0.05, 0.1) is 18.8 Å². The lowest BCUT2D eigenvalue weighted by atomic mass is 9.93. The van der Waals surface area contributed by atoms with Crippen LogP contribution in [0.25, 0.3) is 0 Å². The van der Waals surface area contributed by atoms with Gasteiger partial charge in [-0.15, -0.1) is 0 Å². The lowest BCUT2D eigenvalue weighted by Crippen LogP contribution is -2.47. The van der Waals surface area contributed by atoms with Crippen molar-refractivity contribution in [2.75, 3.05) is 6.61 Å². The highest BCUT2D eigenvalue weighted by atomic mass is 28.4. The predicted octanol–water partition coefficient (Wildman–Crippen LogP) is 4.07. The number of ether oxygens (including phenoxy) is 1. The van der Waals surface area contributed by atoms with E-state index in [9.17, 15) is 0 Å². The lowest BCUT2D eigenvalue weighted by molar-refractivity contribution is 0.0682.